The molecule has 0 fully saturated rings. The standard InChI is InChI=1S/C49H91N2O6P/c1-6-8-10-12-14-16-18-20-22-24-25-27-29-31-33-35-37-39-41-43-49(53)50-47(46-57-58(54,55)56-45-44-51(3,4)5)48(52)42-40-38-36-34-32-30-28-26-23-21-19-17-15-13-11-9-7-2/h14,16,18,20,23,26,32,34,40,42,47-48,52H,6-13,15,17,19,21-22,24-25,27-31,33,35-39,41,43-46H2,1-5H3,(H-,50,53,54,55)/b16-14-,20-18-,26-23+,34-32+,42-40+. The number of amides is 1. The molecule has 0 aromatic heterocycles. The van der Waals surface area contributed by atoms with E-state index in [2.05, 4.69) is 67.8 Å². The molecule has 0 heterocycles. The van der Waals surface area contributed by atoms with Gasteiger partial charge in [0.05, 0.1) is 39.9 Å². The third kappa shape index (κ3) is 42.3. The molecule has 1 amide bonds. The van der Waals surface area contributed by atoms with Crippen LogP contribution in [0.3, 0.4) is 0 Å². The normalized spacial score (nSPS) is 14.8. The van der Waals surface area contributed by atoms with Gasteiger partial charge in [0.1, 0.15) is 13.2 Å². The average Bonchev–Trinajstić information content (AvgIpc) is 3.17. The average molecular weight is 835 g/mol. The topological polar surface area (TPSA) is 108 Å². The molecule has 0 aromatic carbocycles. The zero-order valence-corrected chi connectivity index (χ0v) is 39.1. The van der Waals surface area contributed by atoms with Gasteiger partial charge in [-0.3, -0.25) is 9.36 Å². The second kappa shape index (κ2) is 40.6. The lowest BCUT2D eigenvalue weighted by atomic mass is 10.0. The molecule has 0 radical (unpaired) electrons. The predicted molar refractivity (Wildman–Crippen MR) is 247 cm³/mol. The minimum Gasteiger partial charge on any atom is -0.756 e. The van der Waals surface area contributed by atoms with Crippen molar-refractivity contribution in [1.29, 1.82) is 0 Å². The number of unbranched alkanes of at least 4 members (excludes halogenated alkanes) is 22. The Labute approximate surface area is 358 Å². The van der Waals surface area contributed by atoms with E-state index in [4.69, 9.17) is 9.05 Å². The number of aliphatic hydroxyl groups excluding tert-OH is 1. The van der Waals surface area contributed by atoms with Crippen LogP contribution in [0, 0.1) is 0 Å². The SMILES string of the molecule is CCCCC/C=C\C=C/CCCCCCCCCCCCC(=O)NC(COP(=O)([O-])OCC[N+](C)(C)C)C(O)/C=C/CC/C=C/CC/C=C/CCCCCCCCC. The number of hydrogen-bond acceptors (Lipinski definition) is 6. The monoisotopic (exact) mass is 835 g/mol. The number of nitrogens with zero attached hydrogens (tertiary/aromatic N) is 1. The van der Waals surface area contributed by atoms with Crippen LogP contribution >= 0.6 is 7.82 Å². The summed E-state index contributed by atoms with van der Waals surface area (Å²) < 4.78 is 23.2. The smallest absolute Gasteiger partial charge is 0.268 e. The van der Waals surface area contributed by atoms with Crippen molar-refractivity contribution in [1.82, 2.24) is 5.32 Å². The van der Waals surface area contributed by atoms with E-state index in [0.717, 1.165) is 51.4 Å². The van der Waals surface area contributed by atoms with Crippen molar-refractivity contribution in [2.45, 2.75) is 206 Å². The van der Waals surface area contributed by atoms with Crippen LogP contribution in [-0.2, 0) is 18.4 Å². The first kappa shape index (κ1) is 56.2. The lowest BCUT2D eigenvalue weighted by Crippen LogP contribution is -2.45. The third-order valence-electron chi connectivity index (χ3n) is 10.2. The van der Waals surface area contributed by atoms with Gasteiger partial charge in [-0.1, -0.05) is 177 Å². The fourth-order valence-corrected chi connectivity index (χ4v) is 7.13. The number of quaternary nitrogens is 1. The molecule has 338 valence electrons. The number of likely N-dealkylation sites (N-methyl/N-ethyl adjacent to an activating group) is 1. The maximum atomic E-state index is 12.9. The molecule has 0 aliphatic heterocycles. The summed E-state index contributed by atoms with van der Waals surface area (Å²) >= 11 is 0. The molecule has 0 aliphatic carbocycles. The van der Waals surface area contributed by atoms with Crippen molar-refractivity contribution in [3.8, 4) is 0 Å². The van der Waals surface area contributed by atoms with Gasteiger partial charge in [0.15, 0.2) is 0 Å². The lowest BCUT2D eigenvalue weighted by Gasteiger charge is -2.29. The summed E-state index contributed by atoms with van der Waals surface area (Å²) in [4.78, 5) is 25.3. The zero-order chi connectivity index (χ0) is 42.8. The van der Waals surface area contributed by atoms with Crippen LogP contribution in [0.5, 0.6) is 0 Å². The van der Waals surface area contributed by atoms with Gasteiger partial charge >= 0.3 is 0 Å². The first-order valence-corrected chi connectivity index (χ1v) is 25.1. The molecule has 3 unspecified atom stereocenters. The van der Waals surface area contributed by atoms with Crippen LogP contribution in [-0.4, -0.2) is 68.5 Å². The van der Waals surface area contributed by atoms with Crippen molar-refractivity contribution < 1.29 is 32.9 Å². The Morgan fingerprint density at radius 1 is 0.603 bits per heavy atom. The van der Waals surface area contributed by atoms with E-state index in [-0.39, 0.29) is 12.5 Å². The van der Waals surface area contributed by atoms with Gasteiger partial charge in [-0.15, -0.1) is 0 Å². The Kier molecular flexibility index (Phi) is 39.3. The van der Waals surface area contributed by atoms with Crippen molar-refractivity contribution in [3.63, 3.8) is 0 Å². The summed E-state index contributed by atoms with van der Waals surface area (Å²) in [7, 11) is 1.23. The molecular formula is C49H91N2O6P. The predicted octanol–water partition coefficient (Wildman–Crippen LogP) is 12.8. The van der Waals surface area contributed by atoms with Crippen LogP contribution < -0.4 is 10.2 Å². The second-order valence-corrected chi connectivity index (χ2v) is 18.5. The van der Waals surface area contributed by atoms with Crippen LogP contribution in [0.1, 0.15) is 194 Å². The van der Waals surface area contributed by atoms with Gasteiger partial charge in [-0.2, -0.15) is 0 Å². The van der Waals surface area contributed by atoms with Gasteiger partial charge in [0.2, 0.25) is 5.91 Å². The fraction of sp³-hybridized carbons (Fsp3) is 0.776. The van der Waals surface area contributed by atoms with Crippen molar-refractivity contribution >= 4 is 13.7 Å². The molecular weight excluding hydrogens is 744 g/mol. The molecule has 0 aliphatic rings. The minimum atomic E-state index is -4.60. The Hall–Kier alpha value is -1.80. The number of carbonyl (C=O) groups is 1. The summed E-state index contributed by atoms with van der Waals surface area (Å²) in [5, 5.41) is 13.8. The molecule has 0 rings (SSSR count). The highest BCUT2D eigenvalue weighted by molar-refractivity contribution is 7.45. The number of allylic oxidation sites excluding steroid dienone is 9. The first-order chi connectivity index (χ1) is 28.0. The Bertz CT molecular complexity index is 1130. The maximum absolute atomic E-state index is 12.9. The zero-order valence-electron chi connectivity index (χ0n) is 38.2. The minimum absolute atomic E-state index is 0.0117. The van der Waals surface area contributed by atoms with Crippen LogP contribution in [0.15, 0.2) is 60.8 Å². The van der Waals surface area contributed by atoms with E-state index >= 15 is 0 Å². The molecule has 0 saturated carbocycles. The molecule has 0 bridgehead atoms. The van der Waals surface area contributed by atoms with Gasteiger partial charge in [-0.25, -0.2) is 0 Å². The number of aliphatic hydroxyl groups is 1. The molecule has 9 heteroatoms. The maximum Gasteiger partial charge on any atom is 0.268 e. The van der Waals surface area contributed by atoms with Gasteiger partial charge in [0, 0.05) is 6.42 Å². The molecule has 2 N–H and O–H groups in total. The van der Waals surface area contributed by atoms with E-state index in [9.17, 15) is 19.4 Å². The van der Waals surface area contributed by atoms with Crippen molar-refractivity contribution in [2.24, 2.45) is 0 Å². The fourth-order valence-electron chi connectivity index (χ4n) is 6.41. The summed E-state index contributed by atoms with van der Waals surface area (Å²) in [5.41, 5.74) is 0. The summed E-state index contributed by atoms with van der Waals surface area (Å²) in [6.45, 7) is 4.57. The largest absolute Gasteiger partial charge is 0.756 e. The number of rotatable bonds is 42. The number of nitrogens with one attached hydrogen (secondary N) is 1. The number of hydrogen-bond donors (Lipinski definition) is 2. The molecule has 58 heavy (non-hydrogen) atoms. The summed E-state index contributed by atoms with van der Waals surface area (Å²) in [5.74, 6) is -0.218. The molecule has 0 saturated heterocycles. The highest BCUT2D eigenvalue weighted by atomic mass is 31.2. The van der Waals surface area contributed by atoms with E-state index in [1.807, 2.05) is 27.2 Å². The number of phosphoric acid groups is 1. The van der Waals surface area contributed by atoms with E-state index in [1.54, 1.807) is 6.08 Å². The summed E-state index contributed by atoms with van der Waals surface area (Å²) in [6.07, 6.45) is 52.7. The van der Waals surface area contributed by atoms with E-state index < -0.39 is 26.6 Å². The molecule has 0 spiro atoms. The molecule has 0 aromatic rings. The van der Waals surface area contributed by atoms with Crippen LogP contribution in [0.4, 0.5) is 0 Å². The first-order valence-electron chi connectivity index (χ1n) is 23.7. The van der Waals surface area contributed by atoms with Crippen molar-refractivity contribution in [2.75, 3.05) is 40.9 Å². The highest BCUT2D eigenvalue weighted by Crippen LogP contribution is 2.38. The third-order valence-corrected chi connectivity index (χ3v) is 11.2. The molecule has 8 nitrogen and oxygen atoms in total. The molecule has 3 atom stereocenters. The van der Waals surface area contributed by atoms with E-state index in [0.29, 0.717) is 17.4 Å². The van der Waals surface area contributed by atoms with Crippen molar-refractivity contribution in [3.05, 3.63) is 60.8 Å². The lowest BCUT2D eigenvalue weighted by molar-refractivity contribution is -0.870. The van der Waals surface area contributed by atoms with Gasteiger partial charge < -0.3 is 28.8 Å². The Balaban J connectivity index is 4.46. The van der Waals surface area contributed by atoms with Crippen LogP contribution in [0.2, 0.25) is 0 Å². The quantitative estimate of drug-likeness (QED) is 0.0208. The van der Waals surface area contributed by atoms with Gasteiger partial charge in [-0.05, 0) is 70.6 Å². The van der Waals surface area contributed by atoms with Crippen LogP contribution in [0.25, 0.3) is 0 Å². The number of carbonyl (C=O) groups excluding carboxylic acids is 1. The Morgan fingerprint density at radius 3 is 1.53 bits per heavy atom. The van der Waals surface area contributed by atoms with Gasteiger partial charge in [0.25, 0.3) is 7.82 Å². The van der Waals surface area contributed by atoms with E-state index in [1.165, 1.54) is 122 Å². The Morgan fingerprint density at radius 2 is 1.02 bits per heavy atom. The number of phosphoric ester groups is 1. The summed E-state index contributed by atoms with van der Waals surface area (Å²) in [6, 6.07) is -0.912. The highest BCUT2D eigenvalue weighted by Gasteiger charge is 2.23. The second-order valence-electron chi connectivity index (χ2n) is 17.1.